The van der Waals surface area contributed by atoms with Crippen molar-refractivity contribution in [3.63, 3.8) is 0 Å². The van der Waals surface area contributed by atoms with E-state index in [2.05, 4.69) is 5.10 Å². The van der Waals surface area contributed by atoms with Crippen LogP contribution in [0, 0.1) is 0 Å². The lowest BCUT2D eigenvalue weighted by molar-refractivity contribution is 0.0697. The Bertz CT molecular complexity index is 552. The molecule has 0 radical (unpaired) electrons. The van der Waals surface area contributed by atoms with E-state index in [4.69, 9.17) is 28.3 Å². The summed E-state index contributed by atoms with van der Waals surface area (Å²) in [6, 6.07) is 4.90. The van der Waals surface area contributed by atoms with E-state index in [1.54, 1.807) is 18.2 Å². The number of aromatic nitrogens is 2. The highest BCUT2D eigenvalue weighted by molar-refractivity contribution is 6.35. The van der Waals surface area contributed by atoms with Crippen molar-refractivity contribution in [2.45, 2.75) is 0 Å². The first-order valence-corrected chi connectivity index (χ1v) is 5.07. The third kappa shape index (κ3) is 2.03. The highest BCUT2D eigenvalue weighted by Gasteiger charge is 2.09. The average molecular weight is 257 g/mol. The van der Waals surface area contributed by atoms with E-state index in [-0.39, 0.29) is 5.56 Å². The molecule has 0 saturated carbocycles. The zero-order chi connectivity index (χ0) is 11.7. The van der Waals surface area contributed by atoms with Crippen LogP contribution in [-0.2, 0) is 0 Å². The molecular weight excluding hydrogens is 251 g/mol. The molecule has 0 aliphatic carbocycles. The Balaban J connectivity index is 2.46. The molecule has 4 nitrogen and oxygen atoms in total. The molecule has 0 unspecified atom stereocenters. The van der Waals surface area contributed by atoms with E-state index in [1.165, 1.54) is 17.1 Å². The molecular formula is C10H6Cl2N2O2. The molecule has 0 amide bonds. The van der Waals surface area contributed by atoms with Crippen molar-refractivity contribution >= 4 is 29.2 Å². The van der Waals surface area contributed by atoms with Gasteiger partial charge in [-0.25, -0.2) is 9.48 Å². The fraction of sp³-hybridized carbons (Fsp3) is 0. The van der Waals surface area contributed by atoms with Crippen molar-refractivity contribution in [3.8, 4) is 5.69 Å². The molecule has 0 atom stereocenters. The Kier molecular flexibility index (Phi) is 2.85. The highest BCUT2D eigenvalue weighted by atomic mass is 35.5. The van der Waals surface area contributed by atoms with Crippen LogP contribution in [0.1, 0.15) is 10.4 Å². The lowest BCUT2D eigenvalue weighted by atomic mass is 10.3. The first-order valence-electron chi connectivity index (χ1n) is 4.31. The first-order chi connectivity index (χ1) is 7.58. The molecule has 16 heavy (non-hydrogen) atoms. The Morgan fingerprint density at radius 3 is 2.69 bits per heavy atom. The van der Waals surface area contributed by atoms with E-state index >= 15 is 0 Å². The molecule has 0 bridgehead atoms. The number of carbonyl (C=O) groups is 1. The molecule has 0 aliphatic rings. The molecule has 0 saturated heterocycles. The smallest absolute Gasteiger partial charge is 0.338 e. The number of benzene rings is 1. The number of hydrogen-bond donors (Lipinski definition) is 1. The maximum absolute atomic E-state index is 10.7. The largest absolute Gasteiger partial charge is 0.478 e. The van der Waals surface area contributed by atoms with Gasteiger partial charge >= 0.3 is 5.97 Å². The Morgan fingerprint density at radius 2 is 2.12 bits per heavy atom. The van der Waals surface area contributed by atoms with E-state index in [0.29, 0.717) is 15.7 Å². The van der Waals surface area contributed by atoms with Gasteiger partial charge in [0, 0.05) is 11.2 Å². The summed E-state index contributed by atoms with van der Waals surface area (Å²) < 4.78 is 1.39. The van der Waals surface area contributed by atoms with Crippen LogP contribution in [0.5, 0.6) is 0 Å². The predicted octanol–water partition coefficient (Wildman–Crippen LogP) is 2.88. The molecule has 6 heteroatoms. The number of hydrogen-bond acceptors (Lipinski definition) is 2. The average Bonchev–Trinajstić information content (AvgIpc) is 2.66. The van der Waals surface area contributed by atoms with Gasteiger partial charge in [-0.15, -0.1) is 0 Å². The predicted molar refractivity (Wildman–Crippen MR) is 60.5 cm³/mol. The van der Waals surface area contributed by atoms with Crippen molar-refractivity contribution in [3.05, 3.63) is 46.2 Å². The van der Waals surface area contributed by atoms with Crippen molar-refractivity contribution in [1.29, 1.82) is 0 Å². The molecule has 2 rings (SSSR count). The van der Waals surface area contributed by atoms with Crippen LogP contribution in [0.4, 0.5) is 0 Å². The van der Waals surface area contributed by atoms with Gasteiger partial charge in [0.2, 0.25) is 0 Å². The summed E-state index contributed by atoms with van der Waals surface area (Å²) in [5.41, 5.74) is 0.685. The van der Waals surface area contributed by atoms with Crippen LogP contribution in [0.25, 0.3) is 5.69 Å². The Hall–Kier alpha value is -1.52. The zero-order valence-corrected chi connectivity index (χ0v) is 9.40. The van der Waals surface area contributed by atoms with Crippen LogP contribution in [0.3, 0.4) is 0 Å². The van der Waals surface area contributed by atoms with Crippen LogP contribution < -0.4 is 0 Å². The number of aromatic carboxylic acids is 1. The second-order valence-electron chi connectivity index (χ2n) is 3.07. The minimum atomic E-state index is -1.03. The van der Waals surface area contributed by atoms with Gasteiger partial charge in [-0.2, -0.15) is 5.10 Å². The first kappa shape index (κ1) is 11.0. The van der Waals surface area contributed by atoms with Crippen molar-refractivity contribution in [2.75, 3.05) is 0 Å². The summed E-state index contributed by atoms with van der Waals surface area (Å²) in [5.74, 6) is -1.03. The van der Waals surface area contributed by atoms with Gasteiger partial charge in [0.25, 0.3) is 0 Å². The zero-order valence-electron chi connectivity index (χ0n) is 7.89. The fourth-order valence-electron chi connectivity index (χ4n) is 1.23. The maximum atomic E-state index is 10.7. The van der Waals surface area contributed by atoms with Gasteiger partial charge in [-0.1, -0.05) is 23.2 Å². The van der Waals surface area contributed by atoms with Gasteiger partial charge < -0.3 is 5.11 Å². The monoisotopic (exact) mass is 256 g/mol. The van der Waals surface area contributed by atoms with E-state index in [1.807, 2.05) is 0 Å². The number of nitrogens with zero attached hydrogens (tertiary/aromatic N) is 2. The standard InChI is InChI=1S/C10H6Cl2N2O2/c11-7-1-2-9(8(12)3-7)14-5-6(4-13-14)10(15)16/h1-5H,(H,15,16). The number of halogens is 2. The second-order valence-corrected chi connectivity index (χ2v) is 3.92. The van der Waals surface area contributed by atoms with Gasteiger partial charge in [-0.05, 0) is 18.2 Å². The lowest BCUT2D eigenvalue weighted by Crippen LogP contribution is -1.96. The molecule has 1 aromatic heterocycles. The lowest BCUT2D eigenvalue weighted by Gasteiger charge is -2.03. The third-order valence-electron chi connectivity index (χ3n) is 1.99. The summed E-state index contributed by atoms with van der Waals surface area (Å²) in [6.07, 6.45) is 2.64. The van der Waals surface area contributed by atoms with E-state index in [0.717, 1.165) is 0 Å². The molecule has 0 aliphatic heterocycles. The van der Waals surface area contributed by atoms with Crippen molar-refractivity contribution in [2.24, 2.45) is 0 Å². The molecule has 1 heterocycles. The van der Waals surface area contributed by atoms with Crippen LogP contribution in [0.15, 0.2) is 30.6 Å². The Labute approximate surface area is 101 Å². The summed E-state index contributed by atoms with van der Waals surface area (Å²) in [7, 11) is 0. The Morgan fingerprint density at radius 1 is 1.38 bits per heavy atom. The van der Waals surface area contributed by atoms with E-state index in [9.17, 15) is 4.79 Å². The summed E-state index contributed by atoms with van der Waals surface area (Å²) >= 11 is 11.7. The number of rotatable bonds is 2. The van der Waals surface area contributed by atoms with Crippen LogP contribution >= 0.6 is 23.2 Å². The third-order valence-corrected chi connectivity index (χ3v) is 2.52. The highest BCUT2D eigenvalue weighted by Crippen LogP contribution is 2.23. The minimum absolute atomic E-state index is 0.103. The summed E-state index contributed by atoms with van der Waals surface area (Å²) in [4.78, 5) is 10.7. The minimum Gasteiger partial charge on any atom is -0.478 e. The molecule has 0 spiro atoms. The molecule has 0 fully saturated rings. The second kappa shape index (κ2) is 4.15. The molecule has 2 aromatic rings. The molecule has 1 aromatic carbocycles. The van der Waals surface area contributed by atoms with Gasteiger partial charge in [0.15, 0.2) is 0 Å². The van der Waals surface area contributed by atoms with Crippen LogP contribution in [0.2, 0.25) is 10.0 Å². The normalized spacial score (nSPS) is 10.4. The van der Waals surface area contributed by atoms with E-state index < -0.39 is 5.97 Å². The topological polar surface area (TPSA) is 55.1 Å². The summed E-state index contributed by atoms with van der Waals surface area (Å²) in [5, 5.41) is 13.6. The maximum Gasteiger partial charge on any atom is 0.338 e. The van der Waals surface area contributed by atoms with Crippen molar-refractivity contribution in [1.82, 2.24) is 9.78 Å². The quantitative estimate of drug-likeness (QED) is 0.899. The number of carboxylic acid groups (broad SMARTS) is 1. The van der Waals surface area contributed by atoms with Gasteiger partial charge in [-0.3, -0.25) is 0 Å². The molecule has 82 valence electrons. The SMILES string of the molecule is O=C(O)c1cnn(-c2ccc(Cl)cc2Cl)c1. The van der Waals surface area contributed by atoms with Gasteiger partial charge in [0.1, 0.15) is 0 Å². The fourth-order valence-corrected chi connectivity index (χ4v) is 1.73. The van der Waals surface area contributed by atoms with Crippen molar-refractivity contribution < 1.29 is 9.90 Å². The van der Waals surface area contributed by atoms with Crippen LogP contribution in [-0.4, -0.2) is 20.9 Å². The summed E-state index contributed by atoms with van der Waals surface area (Å²) in [6.45, 7) is 0. The number of carboxylic acids is 1. The van der Waals surface area contributed by atoms with Gasteiger partial charge in [0.05, 0.1) is 22.5 Å². The molecule has 1 N–H and O–H groups in total.